The minimum absolute atomic E-state index is 0.129. The molecular formula is C48H39N3O. The molecule has 4 heteroatoms. The molecular weight excluding hydrogens is 635 g/mol. The lowest BCUT2D eigenvalue weighted by Crippen LogP contribution is -2.21. The third-order valence-electron chi connectivity index (χ3n) is 11.2. The number of anilines is 5. The van der Waals surface area contributed by atoms with E-state index < -0.39 is 0 Å². The van der Waals surface area contributed by atoms with Gasteiger partial charge in [-0.25, -0.2) is 0 Å². The SMILES string of the molecule is CCN1c2ccccc2Oc2cc(N(c3ccc4c(c3)C(C)(C)c3cc(C)ccc3-4)c3ccc4c(c3)c3ccccc3n4-c3ccccc3)ccc21. The number of rotatable bonds is 5. The summed E-state index contributed by atoms with van der Waals surface area (Å²) in [7, 11) is 0. The summed E-state index contributed by atoms with van der Waals surface area (Å²) in [4.78, 5) is 4.74. The molecule has 0 amide bonds. The second kappa shape index (κ2) is 11.4. The van der Waals surface area contributed by atoms with E-state index in [0.717, 1.165) is 52.2 Å². The minimum atomic E-state index is -0.129. The number of benzene rings is 7. The molecule has 0 atom stereocenters. The van der Waals surface area contributed by atoms with Crippen LogP contribution >= 0.6 is 0 Å². The molecule has 2 aliphatic rings. The lowest BCUT2D eigenvalue weighted by atomic mass is 9.82. The van der Waals surface area contributed by atoms with Gasteiger partial charge in [-0.1, -0.05) is 92.2 Å². The number of ether oxygens (including phenoxy) is 1. The number of aromatic nitrogens is 1. The Labute approximate surface area is 304 Å². The standard InChI is InChI=1S/C48H39N3O/c1-5-49-44-17-11-12-18-46(44)52-47-30-35(22-26-45(47)49)50(34-20-24-37-36-23-19-31(2)27-40(36)48(3,4)41(37)29-34)33-21-25-43-39(28-33)38-15-9-10-16-42(38)51(43)32-13-7-6-8-14-32/h6-30H,5H2,1-4H3. The number of para-hydroxylation sites is 4. The molecule has 0 radical (unpaired) electrons. The fourth-order valence-corrected chi connectivity index (χ4v) is 8.68. The van der Waals surface area contributed by atoms with Gasteiger partial charge in [-0.2, -0.15) is 0 Å². The van der Waals surface area contributed by atoms with Crippen molar-refractivity contribution in [3.05, 3.63) is 168 Å². The van der Waals surface area contributed by atoms with E-state index in [4.69, 9.17) is 4.74 Å². The molecule has 0 saturated carbocycles. The largest absolute Gasteiger partial charge is 0.453 e. The predicted octanol–water partition coefficient (Wildman–Crippen LogP) is 13.1. The molecule has 0 spiro atoms. The van der Waals surface area contributed by atoms with E-state index in [1.54, 1.807) is 0 Å². The van der Waals surface area contributed by atoms with Gasteiger partial charge in [0.15, 0.2) is 11.5 Å². The summed E-state index contributed by atoms with van der Waals surface area (Å²) >= 11 is 0. The molecule has 10 rings (SSSR count). The Hall–Kier alpha value is -6.26. The van der Waals surface area contributed by atoms with Crippen molar-refractivity contribution in [3.8, 4) is 28.3 Å². The molecule has 0 bridgehead atoms. The van der Waals surface area contributed by atoms with Crippen LogP contribution in [0.1, 0.15) is 37.5 Å². The summed E-state index contributed by atoms with van der Waals surface area (Å²) in [5, 5.41) is 2.44. The van der Waals surface area contributed by atoms with Crippen LogP contribution in [-0.2, 0) is 5.41 Å². The summed E-state index contributed by atoms with van der Waals surface area (Å²) in [5.74, 6) is 1.73. The Bertz CT molecular complexity index is 2700. The van der Waals surface area contributed by atoms with Crippen LogP contribution in [0.5, 0.6) is 11.5 Å². The maximum atomic E-state index is 6.64. The first kappa shape index (κ1) is 30.6. The Kier molecular flexibility index (Phi) is 6.68. The molecule has 0 fully saturated rings. The maximum absolute atomic E-state index is 6.64. The van der Waals surface area contributed by atoms with Crippen LogP contribution in [-0.4, -0.2) is 11.1 Å². The van der Waals surface area contributed by atoms with E-state index in [9.17, 15) is 0 Å². The Morgan fingerprint density at radius 3 is 2.04 bits per heavy atom. The maximum Gasteiger partial charge on any atom is 0.153 e. The molecule has 8 aromatic rings. The van der Waals surface area contributed by atoms with Crippen LogP contribution in [0.25, 0.3) is 38.6 Å². The molecule has 0 unspecified atom stereocenters. The van der Waals surface area contributed by atoms with Crippen LogP contribution in [0.2, 0.25) is 0 Å². The van der Waals surface area contributed by atoms with Gasteiger partial charge in [-0.3, -0.25) is 0 Å². The van der Waals surface area contributed by atoms with Gasteiger partial charge in [0, 0.05) is 51.5 Å². The van der Waals surface area contributed by atoms with Gasteiger partial charge >= 0.3 is 0 Å². The highest BCUT2D eigenvalue weighted by atomic mass is 16.5. The van der Waals surface area contributed by atoms with E-state index in [2.05, 4.69) is 188 Å². The zero-order valence-electron chi connectivity index (χ0n) is 29.9. The predicted molar refractivity (Wildman–Crippen MR) is 217 cm³/mol. The first-order valence-electron chi connectivity index (χ1n) is 18.2. The fourth-order valence-electron chi connectivity index (χ4n) is 8.68. The van der Waals surface area contributed by atoms with Crippen LogP contribution in [0.3, 0.4) is 0 Å². The molecule has 4 nitrogen and oxygen atoms in total. The van der Waals surface area contributed by atoms with Gasteiger partial charge in [-0.05, 0) is 109 Å². The van der Waals surface area contributed by atoms with Crippen molar-refractivity contribution in [3.63, 3.8) is 0 Å². The number of fused-ring (bicyclic) bond motifs is 8. The topological polar surface area (TPSA) is 20.6 Å². The molecule has 52 heavy (non-hydrogen) atoms. The van der Waals surface area contributed by atoms with E-state index >= 15 is 0 Å². The van der Waals surface area contributed by atoms with Gasteiger partial charge in [0.1, 0.15) is 0 Å². The van der Waals surface area contributed by atoms with Gasteiger partial charge in [0.25, 0.3) is 0 Å². The van der Waals surface area contributed by atoms with Gasteiger partial charge in [0.2, 0.25) is 0 Å². The van der Waals surface area contributed by atoms with Crippen molar-refractivity contribution in [2.24, 2.45) is 0 Å². The third-order valence-corrected chi connectivity index (χ3v) is 11.2. The van der Waals surface area contributed by atoms with Gasteiger partial charge < -0.3 is 19.1 Å². The van der Waals surface area contributed by atoms with Crippen molar-refractivity contribution in [2.45, 2.75) is 33.1 Å². The summed E-state index contributed by atoms with van der Waals surface area (Å²) in [6, 6.07) is 55.2. The molecule has 2 heterocycles. The lowest BCUT2D eigenvalue weighted by molar-refractivity contribution is 0.474. The Balaban J connectivity index is 1.19. The number of hydrogen-bond donors (Lipinski definition) is 0. The van der Waals surface area contributed by atoms with Crippen LogP contribution in [0, 0.1) is 6.92 Å². The normalized spacial score (nSPS) is 13.7. The first-order chi connectivity index (χ1) is 25.4. The highest BCUT2D eigenvalue weighted by molar-refractivity contribution is 6.10. The first-order valence-corrected chi connectivity index (χ1v) is 18.2. The molecule has 0 N–H and O–H groups in total. The van der Waals surface area contributed by atoms with E-state index in [1.165, 1.54) is 49.6 Å². The molecule has 1 aromatic heterocycles. The van der Waals surface area contributed by atoms with Crippen molar-refractivity contribution < 1.29 is 4.74 Å². The molecule has 0 saturated heterocycles. The van der Waals surface area contributed by atoms with E-state index in [0.29, 0.717) is 0 Å². The van der Waals surface area contributed by atoms with Crippen molar-refractivity contribution >= 4 is 50.2 Å². The average Bonchev–Trinajstić information content (AvgIpc) is 3.62. The van der Waals surface area contributed by atoms with Crippen molar-refractivity contribution in [1.82, 2.24) is 4.57 Å². The molecule has 1 aliphatic carbocycles. The van der Waals surface area contributed by atoms with Crippen molar-refractivity contribution in [2.75, 3.05) is 16.3 Å². The third kappa shape index (κ3) is 4.47. The highest BCUT2D eigenvalue weighted by Gasteiger charge is 2.36. The van der Waals surface area contributed by atoms with Crippen LogP contribution in [0.4, 0.5) is 28.4 Å². The fraction of sp³-hybridized carbons (Fsp3) is 0.125. The van der Waals surface area contributed by atoms with Gasteiger partial charge in [-0.15, -0.1) is 0 Å². The van der Waals surface area contributed by atoms with E-state index in [1.807, 2.05) is 6.07 Å². The van der Waals surface area contributed by atoms with Gasteiger partial charge in [0.05, 0.1) is 22.4 Å². The molecule has 7 aromatic carbocycles. The molecule has 252 valence electrons. The summed E-state index contributed by atoms with van der Waals surface area (Å²) < 4.78 is 9.02. The zero-order chi connectivity index (χ0) is 35.1. The number of hydrogen-bond acceptors (Lipinski definition) is 3. The average molecular weight is 674 g/mol. The Morgan fingerprint density at radius 1 is 0.558 bits per heavy atom. The van der Waals surface area contributed by atoms with Crippen LogP contribution in [0.15, 0.2) is 152 Å². The summed E-state index contributed by atoms with van der Waals surface area (Å²) in [5.41, 5.74) is 15.5. The monoisotopic (exact) mass is 673 g/mol. The second-order valence-electron chi connectivity index (χ2n) is 14.6. The van der Waals surface area contributed by atoms with Crippen molar-refractivity contribution in [1.29, 1.82) is 0 Å². The minimum Gasteiger partial charge on any atom is -0.453 e. The quantitative estimate of drug-likeness (QED) is 0.181. The Morgan fingerprint density at radius 2 is 1.19 bits per heavy atom. The van der Waals surface area contributed by atoms with Crippen LogP contribution < -0.4 is 14.5 Å². The van der Waals surface area contributed by atoms with E-state index in [-0.39, 0.29) is 5.41 Å². The highest BCUT2D eigenvalue weighted by Crippen LogP contribution is 2.53. The smallest absolute Gasteiger partial charge is 0.153 e. The second-order valence-corrected chi connectivity index (χ2v) is 14.6. The molecule has 1 aliphatic heterocycles. The zero-order valence-corrected chi connectivity index (χ0v) is 29.9. The summed E-state index contributed by atoms with van der Waals surface area (Å²) in [6.07, 6.45) is 0. The number of nitrogens with zero attached hydrogens (tertiary/aromatic N) is 3. The lowest BCUT2D eigenvalue weighted by Gasteiger charge is -2.33. The summed E-state index contributed by atoms with van der Waals surface area (Å²) in [6.45, 7) is 9.95. The number of aryl methyl sites for hydroxylation is 1.